The maximum atomic E-state index is 12.3. The van der Waals surface area contributed by atoms with Crippen LogP contribution in [0.15, 0.2) is 33.5 Å². The molecule has 1 aliphatic heterocycles. The van der Waals surface area contributed by atoms with Crippen LogP contribution in [0.2, 0.25) is 0 Å². The van der Waals surface area contributed by atoms with Crippen LogP contribution in [-0.4, -0.2) is 42.9 Å². The second-order valence-corrected chi connectivity index (χ2v) is 6.24. The number of rotatable bonds is 8. The molecule has 0 spiro atoms. The van der Waals surface area contributed by atoms with Gasteiger partial charge in [-0.05, 0) is 38.3 Å². The first-order valence-corrected chi connectivity index (χ1v) is 8.74. The van der Waals surface area contributed by atoms with Crippen molar-refractivity contribution in [2.24, 2.45) is 0 Å². The van der Waals surface area contributed by atoms with Crippen LogP contribution in [0.5, 0.6) is 0 Å². The molecule has 2 unspecified atom stereocenters. The van der Waals surface area contributed by atoms with E-state index in [0.29, 0.717) is 37.3 Å². The lowest BCUT2D eigenvalue weighted by molar-refractivity contribution is -0.123. The van der Waals surface area contributed by atoms with Crippen molar-refractivity contribution in [2.45, 2.75) is 38.3 Å². The summed E-state index contributed by atoms with van der Waals surface area (Å²) in [4.78, 5) is 24.3. The third kappa shape index (κ3) is 4.29. The molecule has 1 saturated heterocycles. The molecule has 0 radical (unpaired) electrons. The van der Waals surface area contributed by atoms with E-state index < -0.39 is 11.8 Å². The topological polar surface area (TPSA) is 82.7 Å². The second-order valence-electron chi connectivity index (χ2n) is 6.24. The zero-order valence-corrected chi connectivity index (χ0v) is 14.4. The molecule has 1 aromatic carbocycles. The van der Waals surface area contributed by atoms with Crippen LogP contribution in [0.3, 0.4) is 0 Å². The number of hydrogen-bond donors (Lipinski definition) is 1. The lowest BCUT2D eigenvalue weighted by atomic mass is 10.2. The van der Waals surface area contributed by atoms with E-state index in [4.69, 9.17) is 13.9 Å². The SMILES string of the molecule is CC(C(=O)NCCCOCC1CCCO1)n1c(=O)oc2ccccc21. The number of oxazole rings is 1. The molecule has 1 aromatic heterocycles. The first-order valence-electron chi connectivity index (χ1n) is 8.74. The van der Waals surface area contributed by atoms with Gasteiger partial charge in [-0.25, -0.2) is 4.79 Å². The molecular formula is C18H24N2O5. The van der Waals surface area contributed by atoms with Gasteiger partial charge in [-0.2, -0.15) is 0 Å². The van der Waals surface area contributed by atoms with Crippen molar-refractivity contribution in [3.8, 4) is 0 Å². The Kier molecular flexibility index (Phi) is 5.88. The molecule has 7 nitrogen and oxygen atoms in total. The molecule has 1 aliphatic rings. The Morgan fingerprint density at radius 1 is 1.44 bits per heavy atom. The fraction of sp³-hybridized carbons (Fsp3) is 0.556. The van der Waals surface area contributed by atoms with Gasteiger partial charge in [0.15, 0.2) is 5.58 Å². The van der Waals surface area contributed by atoms with Crippen molar-refractivity contribution < 1.29 is 18.7 Å². The highest BCUT2D eigenvalue weighted by atomic mass is 16.5. The molecule has 0 bridgehead atoms. The van der Waals surface area contributed by atoms with E-state index in [0.717, 1.165) is 19.4 Å². The molecule has 2 atom stereocenters. The number of amides is 1. The zero-order valence-electron chi connectivity index (χ0n) is 14.4. The smallest absolute Gasteiger partial charge is 0.408 e. The number of fused-ring (bicyclic) bond motifs is 1. The van der Waals surface area contributed by atoms with Crippen LogP contribution in [0.1, 0.15) is 32.2 Å². The molecule has 3 rings (SSSR count). The molecule has 1 fully saturated rings. The van der Waals surface area contributed by atoms with Crippen molar-refractivity contribution in [1.29, 1.82) is 0 Å². The van der Waals surface area contributed by atoms with Crippen molar-refractivity contribution in [1.82, 2.24) is 9.88 Å². The first-order chi connectivity index (χ1) is 12.2. The molecular weight excluding hydrogens is 324 g/mol. The standard InChI is InChI=1S/C18H24N2O5/c1-13(20-15-7-2-3-8-16(15)25-18(20)22)17(21)19-9-5-10-23-12-14-6-4-11-24-14/h2-3,7-8,13-14H,4-6,9-12H2,1H3,(H,19,21). The normalized spacial score (nSPS) is 18.5. The van der Waals surface area contributed by atoms with Gasteiger partial charge in [0.2, 0.25) is 5.91 Å². The number of hydrogen-bond acceptors (Lipinski definition) is 5. The minimum absolute atomic E-state index is 0.215. The quantitative estimate of drug-likeness (QED) is 0.736. The first kappa shape index (κ1) is 17.7. The van der Waals surface area contributed by atoms with E-state index in [2.05, 4.69) is 5.32 Å². The lowest BCUT2D eigenvalue weighted by Crippen LogP contribution is -2.35. The highest BCUT2D eigenvalue weighted by molar-refractivity contribution is 5.82. The van der Waals surface area contributed by atoms with E-state index in [9.17, 15) is 9.59 Å². The maximum Gasteiger partial charge on any atom is 0.420 e. The largest absolute Gasteiger partial charge is 0.420 e. The van der Waals surface area contributed by atoms with Gasteiger partial charge >= 0.3 is 5.76 Å². The van der Waals surface area contributed by atoms with E-state index in [1.807, 2.05) is 6.07 Å². The lowest BCUT2D eigenvalue weighted by Gasteiger charge is -2.13. The summed E-state index contributed by atoms with van der Waals surface area (Å²) in [6.45, 7) is 4.19. The predicted molar refractivity (Wildman–Crippen MR) is 92.6 cm³/mol. The van der Waals surface area contributed by atoms with Gasteiger partial charge in [-0.3, -0.25) is 9.36 Å². The van der Waals surface area contributed by atoms with Crippen molar-refractivity contribution in [3.63, 3.8) is 0 Å². The monoisotopic (exact) mass is 348 g/mol. The highest BCUT2D eigenvalue weighted by Gasteiger charge is 2.20. The molecule has 1 amide bonds. The summed E-state index contributed by atoms with van der Waals surface area (Å²) >= 11 is 0. The van der Waals surface area contributed by atoms with Crippen molar-refractivity contribution in [3.05, 3.63) is 34.8 Å². The summed E-state index contributed by atoms with van der Waals surface area (Å²) in [6, 6.07) is 6.44. The van der Waals surface area contributed by atoms with Crippen LogP contribution in [0, 0.1) is 0 Å². The Morgan fingerprint density at radius 2 is 2.28 bits per heavy atom. The van der Waals surface area contributed by atoms with Gasteiger partial charge in [0.1, 0.15) is 6.04 Å². The number of aromatic nitrogens is 1. The van der Waals surface area contributed by atoms with Gasteiger partial charge in [-0.1, -0.05) is 12.1 Å². The summed E-state index contributed by atoms with van der Waals surface area (Å²) in [7, 11) is 0. The van der Waals surface area contributed by atoms with Gasteiger partial charge in [-0.15, -0.1) is 0 Å². The van der Waals surface area contributed by atoms with Crippen LogP contribution < -0.4 is 11.1 Å². The zero-order chi connectivity index (χ0) is 17.6. The third-order valence-corrected chi connectivity index (χ3v) is 4.38. The maximum absolute atomic E-state index is 12.3. The number of para-hydroxylation sites is 2. The average molecular weight is 348 g/mol. The van der Waals surface area contributed by atoms with Gasteiger partial charge in [0, 0.05) is 19.8 Å². The van der Waals surface area contributed by atoms with Crippen LogP contribution in [0.25, 0.3) is 11.1 Å². The Morgan fingerprint density at radius 3 is 3.08 bits per heavy atom. The van der Waals surface area contributed by atoms with Crippen LogP contribution >= 0.6 is 0 Å². The number of ether oxygens (including phenoxy) is 2. The Bertz CT molecular complexity index is 760. The summed E-state index contributed by atoms with van der Waals surface area (Å²) in [5.41, 5.74) is 1.10. The van der Waals surface area contributed by atoms with Gasteiger partial charge < -0.3 is 19.2 Å². The fourth-order valence-corrected chi connectivity index (χ4v) is 2.99. The second kappa shape index (κ2) is 8.31. The minimum Gasteiger partial charge on any atom is -0.408 e. The van der Waals surface area contributed by atoms with Gasteiger partial charge in [0.25, 0.3) is 0 Å². The molecule has 136 valence electrons. The minimum atomic E-state index is -0.635. The summed E-state index contributed by atoms with van der Waals surface area (Å²) in [5.74, 6) is -0.739. The molecule has 2 aromatic rings. The van der Waals surface area contributed by atoms with Gasteiger partial charge in [0.05, 0.1) is 18.2 Å². The molecule has 7 heteroatoms. The molecule has 0 aliphatic carbocycles. The Hall–Kier alpha value is -2.12. The van der Waals surface area contributed by atoms with E-state index in [1.54, 1.807) is 25.1 Å². The van der Waals surface area contributed by atoms with E-state index >= 15 is 0 Å². The van der Waals surface area contributed by atoms with Crippen molar-refractivity contribution in [2.75, 3.05) is 26.4 Å². The number of nitrogens with zero attached hydrogens (tertiary/aromatic N) is 1. The highest BCUT2D eigenvalue weighted by Crippen LogP contribution is 2.16. The van der Waals surface area contributed by atoms with Crippen molar-refractivity contribution >= 4 is 17.0 Å². The Balaban J connectivity index is 1.44. The average Bonchev–Trinajstić information content (AvgIpc) is 3.23. The van der Waals surface area contributed by atoms with Crippen LogP contribution in [0.4, 0.5) is 0 Å². The van der Waals surface area contributed by atoms with E-state index in [1.165, 1.54) is 4.57 Å². The van der Waals surface area contributed by atoms with Crippen LogP contribution in [-0.2, 0) is 14.3 Å². The molecule has 25 heavy (non-hydrogen) atoms. The number of nitrogens with one attached hydrogen (secondary N) is 1. The summed E-state index contributed by atoms with van der Waals surface area (Å²) in [6.07, 6.45) is 3.09. The molecule has 0 saturated carbocycles. The Labute approximate surface area is 145 Å². The number of benzene rings is 1. The summed E-state index contributed by atoms with van der Waals surface area (Å²) < 4.78 is 17.6. The fourth-order valence-electron chi connectivity index (χ4n) is 2.99. The number of carbonyl (C=O) groups is 1. The molecule has 1 N–H and O–H groups in total. The number of carbonyl (C=O) groups excluding carboxylic acids is 1. The third-order valence-electron chi connectivity index (χ3n) is 4.38. The molecule has 2 heterocycles. The summed E-state index contributed by atoms with van der Waals surface area (Å²) in [5, 5.41) is 2.84. The van der Waals surface area contributed by atoms with E-state index in [-0.39, 0.29) is 12.0 Å². The predicted octanol–water partition coefficient (Wildman–Crippen LogP) is 1.86.